The fourth-order valence-corrected chi connectivity index (χ4v) is 1.53. The van der Waals surface area contributed by atoms with Gasteiger partial charge in [-0.3, -0.25) is 4.79 Å². The highest BCUT2D eigenvalue weighted by molar-refractivity contribution is 5.67. The summed E-state index contributed by atoms with van der Waals surface area (Å²) in [4.78, 5) is 10.5. The number of nitrogens with zero attached hydrogens (tertiary/aromatic N) is 1. The van der Waals surface area contributed by atoms with Crippen molar-refractivity contribution in [3.63, 3.8) is 0 Å². The van der Waals surface area contributed by atoms with Crippen molar-refractivity contribution < 1.29 is 19.4 Å². The molecule has 1 aromatic carbocycles. The lowest BCUT2D eigenvalue weighted by molar-refractivity contribution is -0.139. The van der Waals surface area contributed by atoms with Crippen molar-refractivity contribution in [3.05, 3.63) is 35.1 Å². The van der Waals surface area contributed by atoms with E-state index in [4.69, 9.17) is 10.4 Å². The first kappa shape index (κ1) is 13.1. The number of carbonyl (C=O) groups is 1. The van der Waals surface area contributed by atoms with Crippen molar-refractivity contribution >= 4 is 5.97 Å². The lowest BCUT2D eigenvalue weighted by Crippen LogP contribution is -2.13. The molecule has 2 atom stereocenters. The Hall–Kier alpha value is -1.93. The Kier molecular flexibility index (Phi) is 4.18. The van der Waals surface area contributed by atoms with Gasteiger partial charge in [0.25, 0.3) is 0 Å². The molecule has 1 aromatic rings. The van der Waals surface area contributed by atoms with Crippen LogP contribution in [-0.4, -0.2) is 16.2 Å². The summed E-state index contributed by atoms with van der Waals surface area (Å²) < 4.78 is 13.0. The molecule has 2 unspecified atom stereocenters. The molecule has 0 saturated heterocycles. The van der Waals surface area contributed by atoms with E-state index in [1.54, 1.807) is 13.0 Å². The maximum atomic E-state index is 13.0. The van der Waals surface area contributed by atoms with Crippen LogP contribution in [0.25, 0.3) is 0 Å². The fraction of sp³-hybridized carbons (Fsp3) is 0.333. The van der Waals surface area contributed by atoms with Crippen LogP contribution in [0.2, 0.25) is 0 Å². The van der Waals surface area contributed by atoms with Crippen molar-refractivity contribution in [2.75, 3.05) is 0 Å². The zero-order valence-electron chi connectivity index (χ0n) is 9.22. The molecule has 0 saturated carbocycles. The van der Waals surface area contributed by atoms with E-state index >= 15 is 0 Å². The number of halogens is 1. The Morgan fingerprint density at radius 2 is 2.24 bits per heavy atom. The maximum Gasteiger partial charge on any atom is 0.303 e. The van der Waals surface area contributed by atoms with Gasteiger partial charge in [0.2, 0.25) is 0 Å². The smallest absolute Gasteiger partial charge is 0.303 e. The summed E-state index contributed by atoms with van der Waals surface area (Å²) in [5.74, 6) is -2.18. The number of aliphatic carboxylic acids is 1. The van der Waals surface area contributed by atoms with Gasteiger partial charge in [-0.25, -0.2) is 4.39 Å². The predicted molar refractivity (Wildman–Crippen MR) is 57.5 cm³/mol. The molecule has 0 aliphatic carbocycles. The third-order valence-corrected chi connectivity index (χ3v) is 2.49. The van der Waals surface area contributed by atoms with Crippen LogP contribution < -0.4 is 0 Å². The Labute approximate surface area is 97.9 Å². The second-order valence-corrected chi connectivity index (χ2v) is 3.87. The van der Waals surface area contributed by atoms with Crippen molar-refractivity contribution in [2.45, 2.75) is 19.4 Å². The molecule has 0 radical (unpaired) electrons. The molecule has 0 aromatic heterocycles. The molecule has 0 aliphatic heterocycles. The molecule has 2 N–H and O–H groups in total. The van der Waals surface area contributed by atoms with E-state index in [-0.39, 0.29) is 12.0 Å². The number of hydrogen-bond donors (Lipinski definition) is 2. The van der Waals surface area contributed by atoms with Gasteiger partial charge in [-0.1, -0.05) is 13.0 Å². The van der Waals surface area contributed by atoms with Crippen LogP contribution >= 0.6 is 0 Å². The van der Waals surface area contributed by atoms with E-state index in [1.165, 1.54) is 12.1 Å². The lowest BCUT2D eigenvalue weighted by Gasteiger charge is -2.17. The number of hydrogen-bond acceptors (Lipinski definition) is 3. The summed E-state index contributed by atoms with van der Waals surface area (Å²) in [5, 5.41) is 27.1. The molecule has 5 heteroatoms. The Balaban J connectivity index is 2.93. The van der Waals surface area contributed by atoms with Gasteiger partial charge in [0, 0.05) is 0 Å². The number of aliphatic hydroxyl groups is 1. The number of aliphatic hydroxyl groups excluding tert-OH is 1. The molecular weight excluding hydrogens is 225 g/mol. The summed E-state index contributed by atoms with van der Waals surface area (Å²) >= 11 is 0. The normalized spacial score (nSPS) is 13.8. The van der Waals surface area contributed by atoms with Gasteiger partial charge < -0.3 is 10.2 Å². The highest BCUT2D eigenvalue weighted by atomic mass is 19.1. The first-order chi connectivity index (χ1) is 7.95. The number of benzene rings is 1. The topological polar surface area (TPSA) is 81.3 Å². The SMILES string of the molecule is CC(CC(=O)O)C(O)c1ccc(F)c(C#N)c1. The molecule has 0 bridgehead atoms. The first-order valence-electron chi connectivity index (χ1n) is 5.05. The number of rotatable bonds is 4. The lowest BCUT2D eigenvalue weighted by atomic mass is 9.93. The molecule has 17 heavy (non-hydrogen) atoms. The molecule has 0 fully saturated rings. The van der Waals surface area contributed by atoms with Gasteiger partial charge in [0.05, 0.1) is 18.1 Å². The Bertz CT molecular complexity index is 467. The highest BCUT2D eigenvalue weighted by Crippen LogP contribution is 2.25. The third kappa shape index (κ3) is 3.26. The summed E-state index contributed by atoms with van der Waals surface area (Å²) in [6.07, 6.45) is -1.22. The van der Waals surface area contributed by atoms with Crippen molar-refractivity contribution in [1.82, 2.24) is 0 Å². The van der Waals surface area contributed by atoms with Gasteiger partial charge in [-0.05, 0) is 23.6 Å². The monoisotopic (exact) mass is 237 g/mol. The van der Waals surface area contributed by atoms with Crippen LogP contribution in [0.3, 0.4) is 0 Å². The van der Waals surface area contributed by atoms with Crippen molar-refractivity contribution in [3.8, 4) is 6.07 Å². The van der Waals surface area contributed by atoms with E-state index in [1.807, 2.05) is 0 Å². The molecular formula is C12H12FNO3. The molecule has 0 spiro atoms. The van der Waals surface area contributed by atoms with Crippen LogP contribution in [0.4, 0.5) is 4.39 Å². The van der Waals surface area contributed by atoms with Crippen LogP contribution in [-0.2, 0) is 4.79 Å². The third-order valence-electron chi connectivity index (χ3n) is 2.49. The van der Waals surface area contributed by atoms with Crippen LogP contribution in [0.1, 0.15) is 30.6 Å². The average molecular weight is 237 g/mol. The molecule has 0 aliphatic rings. The van der Waals surface area contributed by atoms with Gasteiger partial charge in [0.15, 0.2) is 0 Å². The average Bonchev–Trinajstić information content (AvgIpc) is 2.27. The molecule has 0 amide bonds. The van der Waals surface area contributed by atoms with Crippen LogP contribution in [0.15, 0.2) is 18.2 Å². The molecule has 0 heterocycles. The fourth-order valence-electron chi connectivity index (χ4n) is 1.53. The zero-order chi connectivity index (χ0) is 13.0. The summed E-state index contributed by atoms with van der Waals surface area (Å²) in [6, 6.07) is 5.34. The van der Waals surface area contributed by atoms with Crippen molar-refractivity contribution in [2.24, 2.45) is 5.92 Å². The minimum atomic E-state index is -1.03. The number of carboxylic acids is 1. The van der Waals surface area contributed by atoms with Gasteiger partial charge in [-0.2, -0.15) is 5.26 Å². The minimum absolute atomic E-state index is 0.163. The second kappa shape index (κ2) is 5.41. The molecule has 4 nitrogen and oxygen atoms in total. The quantitative estimate of drug-likeness (QED) is 0.837. The van der Waals surface area contributed by atoms with E-state index in [2.05, 4.69) is 0 Å². The Morgan fingerprint density at radius 1 is 1.59 bits per heavy atom. The Morgan fingerprint density at radius 3 is 2.76 bits per heavy atom. The standard InChI is InChI=1S/C12H12FNO3/c1-7(4-11(15)16)12(17)8-2-3-10(13)9(5-8)6-14/h2-3,5,7,12,17H,4H2,1H3,(H,15,16). The largest absolute Gasteiger partial charge is 0.481 e. The summed E-state index contributed by atoms with van der Waals surface area (Å²) in [5.41, 5.74) is 0.181. The van der Waals surface area contributed by atoms with E-state index in [0.29, 0.717) is 5.56 Å². The van der Waals surface area contributed by atoms with Crippen molar-refractivity contribution in [1.29, 1.82) is 5.26 Å². The minimum Gasteiger partial charge on any atom is -0.481 e. The van der Waals surface area contributed by atoms with Gasteiger partial charge >= 0.3 is 5.97 Å². The predicted octanol–water partition coefficient (Wildman–Crippen LogP) is 1.84. The van der Waals surface area contributed by atoms with Gasteiger partial charge in [0.1, 0.15) is 11.9 Å². The van der Waals surface area contributed by atoms with Crippen LogP contribution in [0, 0.1) is 23.1 Å². The summed E-state index contributed by atoms with van der Waals surface area (Å²) in [7, 11) is 0. The van der Waals surface area contributed by atoms with E-state index < -0.39 is 23.8 Å². The van der Waals surface area contributed by atoms with Gasteiger partial charge in [-0.15, -0.1) is 0 Å². The zero-order valence-corrected chi connectivity index (χ0v) is 9.22. The first-order valence-corrected chi connectivity index (χ1v) is 5.05. The van der Waals surface area contributed by atoms with Crippen LogP contribution in [0.5, 0.6) is 0 Å². The van der Waals surface area contributed by atoms with E-state index in [9.17, 15) is 14.3 Å². The molecule has 90 valence electrons. The second-order valence-electron chi connectivity index (χ2n) is 3.87. The molecule has 1 rings (SSSR count). The summed E-state index contributed by atoms with van der Waals surface area (Å²) in [6.45, 7) is 1.58. The number of nitriles is 1. The number of carboxylic acid groups (broad SMARTS) is 1. The highest BCUT2D eigenvalue weighted by Gasteiger charge is 2.20. The van der Waals surface area contributed by atoms with E-state index in [0.717, 1.165) is 6.07 Å². The maximum absolute atomic E-state index is 13.0.